The fourth-order valence-electron chi connectivity index (χ4n) is 3.50. The molecule has 3 heterocycles. The third-order valence-electron chi connectivity index (χ3n) is 5.15. The quantitative estimate of drug-likeness (QED) is 0.447. The highest BCUT2D eigenvalue weighted by molar-refractivity contribution is 6.01. The molecule has 0 unspecified atom stereocenters. The highest BCUT2D eigenvalue weighted by Crippen LogP contribution is 2.24. The summed E-state index contributed by atoms with van der Waals surface area (Å²) in [5.41, 5.74) is 2.09. The van der Waals surface area contributed by atoms with Crippen molar-refractivity contribution in [3.8, 4) is 5.75 Å². The van der Waals surface area contributed by atoms with Gasteiger partial charge in [-0.1, -0.05) is 12.1 Å². The van der Waals surface area contributed by atoms with E-state index in [4.69, 9.17) is 0 Å². The number of rotatable bonds is 6. The summed E-state index contributed by atoms with van der Waals surface area (Å²) in [5, 5.41) is 13.2. The zero-order chi connectivity index (χ0) is 22.0. The number of H-pyrrole nitrogens is 1. The van der Waals surface area contributed by atoms with Crippen LogP contribution in [0.3, 0.4) is 0 Å². The lowest BCUT2D eigenvalue weighted by molar-refractivity contribution is 0.0950. The molecule has 158 valence electrons. The van der Waals surface area contributed by atoms with Gasteiger partial charge in [0.05, 0.1) is 5.52 Å². The molecule has 0 saturated heterocycles. The van der Waals surface area contributed by atoms with Crippen molar-refractivity contribution in [2.45, 2.75) is 12.8 Å². The second-order valence-electron chi connectivity index (χ2n) is 7.34. The largest absolute Gasteiger partial charge is 0.505 e. The molecule has 0 spiro atoms. The molecule has 0 atom stereocenters. The summed E-state index contributed by atoms with van der Waals surface area (Å²) in [6.45, 7) is 0.317. The summed E-state index contributed by atoms with van der Waals surface area (Å²) >= 11 is 0. The van der Waals surface area contributed by atoms with Gasteiger partial charge in [-0.15, -0.1) is 0 Å². The smallest absolute Gasteiger partial charge is 0.265 e. The Morgan fingerprint density at radius 1 is 1.23 bits per heavy atom. The number of aromatic hydroxyl groups is 1. The summed E-state index contributed by atoms with van der Waals surface area (Å²) in [4.78, 5) is 31.9. The SMILES string of the molecule is Cn1cccc1CCNC(=O)c1c(O)c2ncc(Cc3ccc(F)cc3)cc2[nH]c1=O. The number of fused-ring (bicyclic) bond motifs is 1. The van der Waals surface area contributed by atoms with Crippen LogP contribution in [-0.4, -0.2) is 32.1 Å². The van der Waals surface area contributed by atoms with Crippen LogP contribution in [-0.2, 0) is 19.9 Å². The standard InChI is InChI=1S/C23H21FN4O3/c1-28-10-2-3-17(28)8-9-25-22(30)19-21(29)20-18(27-23(19)31)12-15(13-26-20)11-14-4-6-16(24)7-5-14/h2-7,10,12-13H,8-9,11H2,1H3,(H,25,30)(H2,27,29,31). The number of aromatic amines is 1. The predicted octanol–water partition coefficient (Wildman–Crippen LogP) is 2.67. The van der Waals surface area contributed by atoms with Crippen LogP contribution in [0.1, 0.15) is 27.2 Å². The number of pyridine rings is 2. The average Bonchev–Trinajstić information content (AvgIpc) is 3.14. The maximum absolute atomic E-state index is 13.1. The van der Waals surface area contributed by atoms with Gasteiger partial charge in [0.25, 0.3) is 11.5 Å². The van der Waals surface area contributed by atoms with Gasteiger partial charge < -0.3 is 20.0 Å². The van der Waals surface area contributed by atoms with Crippen LogP contribution in [0.4, 0.5) is 4.39 Å². The van der Waals surface area contributed by atoms with Gasteiger partial charge in [-0.25, -0.2) is 4.39 Å². The zero-order valence-corrected chi connectivity index (χ0v) is 16.9. The van der Waals surface area contributed by atoms with Crippen molar-refractivity contribution in [3.05, 3.63) is 93.4 Å². The predicted molar refractivity (Wildman–Crippen MR) is 115 cm³/mol. The maximum Gasteiger partial charge on any atom is 0.265 e. The van der Waals surface area contributed by atoms with E-state index in [-0.39, 0.29) is 16.9 Å². The minimum absolute atomic E-state index is 0.134. The highest BCUT2D eigenvalue weighted by atomic mass is 19.1. The van der Waals surface area contributed by atoms with Crippen molar-refractivity contribution in [3.63, 3.8) is 0 Å². The molecule has 0 radical (unpaired) electrons. The fourth-order valence-corrected chi connectivity index (χ4v) is 3.50. The molecule has 0 saturated carbocycles. The Kier molecular flexibility index (Phi) is 5.53. The topological polar surface area (TPSA) is 100 Å². The third-order valence-corrected chi connectivity index (χ3v) is 5.15. The molecule has 4 aromatic rings. The van der Waals surface area contributed by atoms with Gasteiger partial charge in [0.15, 0.2) is 5.75 Å². The van der Waals surface area contributed by atoms with Crippen LogP contribution in [0.15, 0.2) is 59.7 Å². The number of benzene rings is 1. The van der Waals surface area contributed by atoms with Crippen molar-refractivity contribution in [1.82, 2.24) is 19.9 Å². The van der Waals surface area contributed by atoms with Gasteiger partial charge in [0.1, 0.15) is 16.9 Å². The molecule has 0 aliphatic heterocycles. The Hall–Kier alpha value is -3.94. The first kappa shape index (κ1) is 20.3. The van der Waals surface area contributed by atoms with Crippen molar-refractivity contribution >= 4 is 16.9 Å². The van der Waals surface area contributed by atoms with E-state index < -0.39 is 17.2 Å². The molecular formula is C23H21FN4O3. The lowest BCUT2D eigenvalue weighted by Crippen LogP contribution is -2.31. The second-order valence-corrected chi connectivity index (χ2v) is 7.34. The van der Waals surface area contributed by atoms with E-state index in [1.54, 1.807) is 24.4 Å². The molecule has 0 fully saturated rings. The summed E-state index contributed by atoms with van der Waals surface area (Å²) in [5.74, 6) is -1.43. The number of carbonyl (C=O) groups excluding carboxylic acids is 1. The van der Waals surface area contributed by atoms with Crippen molar-refractivity contribution in [2.24, 2.45) is 7.05 Å². The van der Waals surface area contributed by atoms with Crippen molar-refractivity contribution in [1.29, 1.82) is 0 Å². The second kappa shape index (κ2) is 8.43. The van der Waals surface area contributed by atoms with Crippen molar-refractivity contribution < 1.29 is 14.3 Å². The van der Waals surface area contributed by atoms with E-state index in [0.717, 1.165) is 16.8 Å². The molecular weight excluding hydrogens is 399 g/mol. The highest BCUT2D eigenvalue weighted by Gasteiger charge is 2.20. The molecule has 7 nitrogen and oxygen atoms in total. The minimum atomic E-state index is -0.693. The Morgan fingerprint density at radius 2 is 2.00 bits per heavy atom. The molecule has 1 aromatic carbocycles. The molecule has 8 heteroatoms. The van der Waals surface area contributed by atoms with Crippen LogP contribution in [0.2, 0.25) is 0 Å². The molecule has 3 N–H and O–H groups in total. The molecule has 3 aromatic heterocycles. The van der Waals surface area contributed by atoms with E-state index in [0.29, 0.717) is 24.9 Å². The fraction of sp³-hybridized carbons (Fsp3) is 0.174. The number of aromatic nitrogens is 3. The number of hydrogen-bond donors (Lipinski definition) is 3. The summed E-state index contributed by atoms with van der Waals surface area (Å²) < 4.78 is 15.0. The first-order chi connectivity index (χ1) is 14.9. The Morgan fingerprint density at radius 3 is 2.71 bits per heavy atom. The normalized spacial score (nSPS) is 11.0. The van der Waals surface area contributed by atoms with E-state index in [2.05, 4.69) is 15.3 Å². The Balaban J connectivity index is 1.54. The van der Waals surface area contributed by atoms with Gasteiger partial charge in [-0.3, -0.25) is 14.6 Å². The van der Waals surface area contributed by atoms with Crippen LogP contribution in [0.5, 0.6) is 5.75 Å². The minimum Gasteiger partial charge on any atom is -0.505 e. The molecule has 31 heavy (non-hydrogen) atoms. The number of halogens is 1. The molecule has 0 aliphatic carbocycles. The van der Waals surface area contributed by atoms with Gasteiger partial charge in [0, 0.05) is 38.1 Å². The first-order valence-corrected chi connectivity index (χ1v) is 9.79. The van der Waals surface area contributed by atoms with E-state index >= 15 is 0 Å². The van der Waals surface area contributed by atoms with Gasteiger partial charge >= 0.3 is 0 Å². The maximum atomic E-state index is 13.1. The number of amides is 1. The summed E-state index contributed by atoms with van der Waals surface area (Å²) in [6, 6.07) is 11.6. The molecule has 4 rings (SSSR count). The van der Waals surface area contributed by atoms with E-state index in [1.165, 1.54) is 12.1 Å². The van der Waals surface area contributed by atoms with Gasteiger partial charge in [-0.05, 0) is 47.9 Å². The lowest BCUT2D eigenvalue weighted by Gasteiger charge is -2.10. The first-order valence-electron chi connectivity index (χ1n) is 9.79. The Labute approximate surface area is 177 Å². The van der Waals surface area contributed by atoms with E-state index in [9.17, 15) is 19.1 Å². The van der Waals surface area contributed by atoms with Gasteiger partial charge in [-0.2, -0.15) is 0 Å². The van der Waals surface area contributed by atoms with Crippen LogP contribution in [0, 0.1) is 5.82 Å². The summed E-state index contributed by atoms with van der Waals surface area (Å²) in [7, 11) is 1.91. The van der Waals surface area contributed by atoms with E-state index in [1.807, 2.05) is 29.9 Å². The molecule has 1 amide bonds. The van der Waals surface area contributed by atoms with Crippen LogP contribution in [0.25, 0.3) is 11.0 Å². The zero-order valence-electron chi connectivity index (χ0n) is 16.9. The molecule has 0 bridgehead atoms. The van der Waals surface area contributed by atoms with Gasteiger partial charge in [0.2, 0.25) is 0 Å². The number of hydrogen-bond acceptors (Lipinski definition) is 4. The van der Waals surface area contributed by atoms with Crippen LogP contribution >= 0.6 is 0 Å². The number of nitrogens with zero attached hydrogens (tertiary/aromatic N) is 2. The molecule has 0 aliphatic rings. The Bertz CT molecular complexity index is 1310. The third kappa shape index (κ3) is 4.32. The average molecular weight is 420 g/mol. The summed E-state index contributed by atoms with van der Waals surface area (Å²) in [6.07, 6.45) is 4.54. The number of carbonyl (C=O) groups is 1. The van der Waals surface area contributed by atoms with Crippen molar-refractivity contribution in [2.75, 3.05) is 6.54 Å². The lowest BCUT2D eigenvalue weighted by atomic mass is 10.1. The van der Waals surface area contributed by atoms with Crippen LogP contribution < -0.4 is 10.9 Å². The monoisotopic (exact) mass is 420 g/mol. The number of nitrogens with one attached hydrogen (secondary N) is 2. The number of aryl methyl sites for hydroxylation is 1.